The maximum absolute atomic E-state index is 6.18. The van der Waals surface area contributed by atoms with E-state index in [0.29, 0.717) is 0 Å². The fraction of sp³-hybridized carbons (Fsp3) is 0.211. The molecule has 0 saturated carbocycles. The quantitative estimate of drug-likeness (QED) is 0.511. The molecule has 1 nitrogen and oxygen atoms in total. The van der Waals surface area contributed by atoms with Crippen molar-refractivity contribution in [2.45, 2.75) is 26.2 Å². The Bertz CT molecular complexity index is 790. The lowest BCUT2D eigenvalue weighted by Crippen LogP contribution is -2.13. The van der Waals surface area contributed by atoms with Crippen molar-refractivity contribution in [3.05, 3.63) is 65.3 Å². The van der Waals surface area contributed by atoms with Crippen LogP contribution in [0.5, 0.6) is 0 Å². The number of fused-ring (bicyclic) bond motifs is 1. The van der Waals surface area contributed by atoms with Gasteiger partial charge in [-0.3, -0.25) is 4.98 Å². The van der Waals surface area contributed by atoms with E-state index in [1.54, 1.807) is 0 Å². The molecule has 0 amide bonds. The molecule has 0 spiro atoms. The SMILES string of the molecule is CC(C)(C)c1cc(-c2ccccc2)c2cc(Cl)ccc2n1.Cl. The molecule has 0 N–H and O–H groups in total. The van der Waals surface area contributed by atoms with E-state index in [2.05, 4.69) is 51.1 Å². The second kappa shape index (κ2) is 6.28. The van der Waals surface area contributed by atoms with Gasteiger partial charge >= 0.3 is 0 Å². The van der Waals surface area contributed by atoms with Crippen molar-refractivity contribution < 1.29 is 0 Å². The van der Waals surface area contributed by atoms with E-state index in [9.17, 15) is 0 Å². The molecule has 0 radical (unpaired) electrons. The Labute approximate surface area is 142 Å². The Balaban J connectivity index is 0.00000176. The zero-order chi connectivity index (χ0) is 15.0. The van der Waals surface area contributed by atoms with Gasteiger partial charge in [0.15, 0.2) is 0 Å². The predicted molar refractivity (Wildman–Crippen MR) is 98.1 cm³/mol. The van der Waals surface area contributed by atoms with Gasteiger partial charge in [-0.05, 0) is 35.4 Å². The second-order valence-corrected chi connectivity index (χ2v) is 6.77. The summed E-state index contributed by atoms with van der Waals surface area (Å²) in [6, 6.07) is 18.5. The summed E-state index contributed by atoms with van der Waals surface area (Å²) in [6.07, 6.45) is 0. The van der Waals surface area contributed by atoms with Gasteiger partial charge < -0.3 is 0 Å². The largest absolute Gasteiger partial charge is 0.252 e. The topological polar surface area (TPSA) is 12.9 Å². The summed E-state index contributed by atoms with van der Waals surface area (Å²) in [4.78, 5) is 4.82. The second-order valence-electron chi connectivity index (χ2n) is 6.33. The molecule has 1 heterocycles. The minimum Gasteiger partial charge on any atom is -0.252 e. The molecule has 0 saturated heterocycles. The van der Waals surface area contributed by atoms with Crippen LogP contribution in [-0.4, -0.2) is 4.98 Å². The van der Waals surface area contributed by atoms with Crippen LogP contribution >= 0.6 is 24.0 Å². The first-order chi connectivity index (χ1) is 9.95. The van der Waals surface area contributed by atoms with Gasteiger partial charge in [0.25, 0.3) is 0 Å². The number of aromatic nitrogens is 1. The molecular weight excluding hydrogens is 313 g/mol. The fourth-order valence-electron chi connectivity index (χ4n) is 2.44. The van der Waals surface area contributed by atoms with Crippen LogP contribution in [0.3, 0.4) is 0 Å². The lowest BCUT2D eigenvalue weighted by molar-refractivity contribution is 0.572. The van der Waals surface area contributed by atoms with E-state index >= 15 is 0 Å². The van der Waals surface area contributed by atoms with Gasteiger partial charge in [-0.1, -0.05) is 62.7 Å². The highest BCUT2D eigenvalue weighted by molar-refractivity contribution is 6.31. The normalized spacial score (nSPS) is 11.3. The van der Waals surface area contributed by atoms with Crippen molar-refractivity contribution >= 4 is 34.9 Å². The lowest BCUT2D eigenvalue weighted by Gasteiger charge is -2.20. The van der Waals surface area contributed by atoms with Gasteiger partial charge in [-0.15, -0.1) is 12.4 Å². The molecule has 3 aromatic rings. The number of benzene rings is 2. The van der Waals surface area contributed by atoms with Crippen molar-refractivity contribution in [1.82, 2.24) is 4.98 Å². The smallest absolute Gasteiger partial charge is 0.0712 e. The summed E-state index contributed by atoms with van der Waals surface area (Å²) in [5.74, 6) is 0. The van der Waals surface area contributed by atoms with Crippen LogP contribution < -0.4 is 0 Å². The van der Waals surface area contributed by atoms with Crippen LogP contribution in [-0.2, 0) is 5.41 Å². The molecule has 3 rings (SSSR count). The summed E-state index contributed by atoms with van der Waals surface area (Å²) in [5.41, 5.74) is 4.48. The summed E-state index contributed by atoms with van der Waals surface area (Å²) >= 11 is 6.18. The Morgan fingerprint density at radius 1 is 0.909 bits per heavy atom. The Kier molecular flexibility index (Phi) is 4.79. The number of hydrogen-bond donors (Lipinski definition) is 0. The number of hydrogen-bond acceptors (Lipinski definition) is 1. The summed E-state index contributed by atoms with van der Waals surface area (Å²) in [5, 5.41) is 1.84. The Hall–Kier alpha value is -1.57. The molecule has 2 aromatic carbocycles. The summed E-state index contributed by atoms with van der Waals surface area (Å²) in [6.45, 7) is 6.56. The third-order valence-electron chi connectivity index (χ3n) is 3.62. The standard InChI is InChI=1S/C19H18ClN.ClH/c1-19(2,3)18-12-15(13-7-5-4-6-8-13)16-11-14(20)9-10-17(16)21-18;/h4-12H,1-3H3;1H. The van der Waals surface area contributed by atoms with Crippen molar-refractivity contribution in [1.29, 1.82) is 0 Å². The first kappa shape index (κ1) is 16.8. The van der Waals surface area contributed by atoms with Crippen LogP contribution in [0.4, 0.5) is 0 Å². The summed E-state index contributed by atoms with van der Waals surface area (Å²) < 4.78 is 0. The van der Waals surface area contributed by atoms with Crippen molar-refractivity contribution in [3.8, 4) is 11.1 Å². The van der Waals surface area contributed by atoms with E-state index in [0.717, 1.165) is 21.6 Å². The molecule has 0 aliphatic carbocycles. The molecule has 0 fully saturated rings. The van der Waals surface area contributed by atoms with E-state index in [4.69, 9.17) is 16.6 Å². The Morgan fingerprint density at radius 3 is 2.23 bits per heavy atom. The van der Waals surface area contributed by atoms with Crippen molar-refractivity contribution in [2.24, 2.45) is 0 Å². The molecule has 0 atom stereocenters. The van der Waals surface area contributed by atoms with Gasteiger partial charge in [0.2, 0.25) is 0 Å². The first-order valence-corrected chi connectivity index (χ1v) is 7.49. The zero-order valence-electron chi connectivity index (χ0n) is 12.9. The molecule has 22 heavy (non-hydrogen) atoms. The van der Waals surface area contributed by atoms with Gasteiger partial charge in [0.05, 0.1) is 5.52 Å². The minimum absolute atomic E-state index is 0. The third-order valence-corrected chi connectivity index (χ3v) is 3.86. The molecule has 0 unspecified atom stereocenters. The van der Waals surface area contributed by atoms with Crippen LogP contribution in [0, 0.1) is 0 Å². The molecule has 0 aliphatic rings. The average molecular weight is 332 g/mol. The first-order valence-electron chi connectivity index (χ1n) is 7.11. The molecule has 1 aromatic heterocycles. The minimum atomic E-state index is 0. The molecule has 0 bridgehead atoms. The average Bonchev–Trinajstić information content (AvgIpc) is 2.46. The fourth-order valence-corrected chi connectivity index (χ4v) is 2.61. The molecule has 0 aliphatic heterocycles. The van der Waals surface area contributed by atoms with Gasteiger partial charge in [-0.25, -0.2) is 0 Å². The molecular formula is C19H19Cl2N. The number of pyridine rings is 1. The number of halogens is 2. The van der Waals surface area contributed by atoms with Crippen LogP contribution in [0.2, 0.25) is 5.02 Å². The lowest BCUT2D eigenvalue weighted by atomic mass is 9.88. The van der Waals surface area contributed by atoms with E-state index in [-0.39, 0.29) is 17.8 Å². The zero-order valence-corrected chi connectivity index (χ0v) is 14.5. The van der Waals surface area contributed by atoms with E-state index in [1.165, 1.54) is 11.1 Å². The van der Waals surface area contributed by atoms with Crippen molar-refractivity contribution in [2.75, 3.05) is 0 Å². The maximum Gasteiger partial charge on any atom is 0.0712 e. The third kappa shape index (κ3) is 3.26. The van der Waals surface area contributed by atoms with E-state index < -0.39 is 0 Å². The van der Waals surface area contributed by atoms with Gasteiger partial charge in [-0.2, -0.15) is 0 Å². The predicted octanol–water partition coefficient (Wildman–Crippen LogP) is 6.27. The number of nitrogens with zero attached hydrogens (tertiary/aromatic N) is 1. The molecule has 114 valence electrons. The number of rotatable bonds is 1. The highest BCUT2D eigenvalue weighted by atomic mass is 35.5. The van der Waals surface area contributed by atoms with Gasteiger partial charge in [0.1, 0.15) is 0 Å². The Morgan fingerprint density at radius 2 is 1.59 bits per heavy atom. The van der Waals surface area contributed by atoms with Crippen LogP contribution in [0.1, 0.15) is 26.5 Å². The van der Waals surface area contributed by atoms with Crippen molar-refractivity contribution in [3.63, 3.8) is 0 Å². The highest BCUT2D eigenvalue weighted by Gasteiger charge is 2.18. The highest BCUT2D eigenvalue weighted by Crippen LogP contribution is 2.33. The molecule has 3 heteroatoms. The van der Waals surface area contributed by atoms with Crippen LogP contribution in [0.25, 0.3) is 22.0 Å². The van der Waals surface area contributed by atoms with E-state index in [1.807, 2.05) is 24.3 Å². The maximum atomic E-state index is 6.18. The monoisotopic (exact) mass is 331 g/mol. The summed E-state index contributed by atoms with van der Waals surface area (Å²) in [7, 11) is 0. The van der Waals surface area contributed by atoms with Crippen LogP contribution in [0.15, 0.2) is 54.6 Å². The van der Waals surface area contributed by atoms with Gasteiger partial charge in [0, 0.05) is 21.5 Å².